The number of aromatic nitrogens is 2. The molecule has 2 heterocycles. The molecular formula is C18H9Cl2F9N4O2. The third kappa shape index (κ3) is 5.73. The zero-order chi connectivity index (χ0) is 26.4. The van der Waals surface area contributed by atoms with E-state index in [1.54, 1.807) is 5.48 Å². The molecule has 1 aliphatic rings. The van der Waals surface area contributed by atoms with Crippen molar-refractivity contribution >= 4 is 34.8 Å². The molecule has 3 rings (SSSR count). The molecule has 1 aromatic heterocycles. The van der Waals surface area contributed by atoms with E-state index in [1.807, 2.05) is 0 Å². The normalized spacial score (nSPS) is 18.8. The number of hydrogen-bond acceptors (Lipinski definition) is 5. The van der Waals surface area contributed by atoms with Gasteiger partial charge in [-0.2, -0.15) is 39.5 Å². The summed E-state index contributed by atoms with van der Waals surface area (Å²) >= 11 is 11.5. The lowest BCUT2D eigenvalue weighted by atomic mass is 9.92. The summed E-state index contributed by atoms with van der Waals surface area (Å²) < 4.78 is 119. The Balaban J connectivity index is 2.08. The largest absolute Gasteiger partial charge is 0.434 e. The van der Waals surface area contributed by atoms with Gasteiger partial charge in [-0.15, -0.1) is 0 Å². The Bertz CT molecular complexity index is 1160. The standard InChI is InChI=1S/C18H9Cl2F9N4O2/c19-8-1-7(2-9(20)3-8)15(18(27,28)29)4-11(33-35-15)13-30-5-10(12(32-13)17(24,25)26)14(34)31-6-16(21,22)23/h1-5,33H,6H2,(H,31,34). The maximum absolute atomic E-state index is 14.0. The molecule has 1 aliphatic heterocycles. The molecule has 0 saturated heterocycles. The number of benzene rings is 1. The van der Waals surface area contributed by atoms with Gasteiger partial charge in [-0.1, -0.05) is 23.2 Å². The summed E-state index contributed by atoms with van der Waals surface area (Å²) in [5.41, 5.74) is -6.27. The van der Waals surface area contributed by atoms with Crippen molar-refractivity contribution in [1.82, 2.24) is 20.8 Å². The minimum atomic E-state index is -5.38. The lowest BCUT2D eigenvalue weighted by Gasteiger charge is -2.28. The molecule has 0 bridgehead atoms. The molecule has 6 nitrogen and oxygen atoms in total. The molecule has 1 atom stereocenters. The summed E-state index contributed by atoms with van der Waals surface area (Å²) in [5.74, 6) is -2.80. The number of nitrogens with one attached hydrogen (secondary N) is 2. The van der Waals surface area contributed by atoms with Gasteiger partial charge in [0.1, 0.15) is 12.2 Å². The van der Waals surface area contributed by atoms with E-state index in [1.165, 1.54) is 5.32 Å². The van der Waals surface area contributed by atoms with Crippen molar-refractivity contribution in [3.05, 3.63) is 63.2 Å². The maximum Gasteiger partial charge on any atom is 0.434 e. The number of hydroxylamine groups is 1. The second-order valence-electron chi connectivity index (χ2n) is 6.91. The molecule has 0 aliphatic carbocycles. The van der Waals surface area contributed by atoms with Gasteiger partial charge in [0.25, 0.3) is 5.91 Å². The van der Waals surface area contributed by atoms with Gasteiger partial charge >= 0.3 is 18.5 Å². The Kier molecular flexibility index (Phi) is 6.91. The van der Waals surface area contributed by atoms with Crippen LogP contribution >= 0.6 is 23.2 Å². The van der Waals surface area contributed by atoms with Crippen molar-refractivity contribution in [2.45, 2.75) is 24.1 Å². The molecular weight excluding hydrogens is 546 g/mol. The molecule has 1 amide bonds. The molecule has 0 fully saturated rings. The summed E-state index contributed by atoms with van der Waals surface area (Å²) in [6.45, 7) is -1.94. The van der Waals surface area contributed by atoms with E-state index in [0.29, 0.717) is 6.08 Å². The first-order valence-corrected chi connectivity index (χ1v) is 9.68. The first kappa shape index (κ1) is 26.8. The third-order valence-corrected chi connectivity index (χ3v) is 4.81. The van der Waals surface area contributed by atoms with E-state index in [4.69, 9.17) is 28.0 Å². The number of alkyl halides is 9. The molecule has 0 saturated carbocycles. The summed E-state index contributed by atoms with van der Waals surface area (Å²) in [6.07, 6.45) is -14.9. The predicted octanol–water partition coefficient (Wildman–Crippen LogP) is 5.43. The predicted molar refractivity (Wildman–Crippen MR) is 102 cm³/mol. The smallest absolute Gasteiger partial charge is 0.343 e. The van der Waals surface area contributed by atoms with Gasteiger partial charge in [-0.25, -0.2) is 9.97 Å². The van der Waals surface area contributed by atoms with E-state index in [0.717, 1.165) is 18.2 Å². The minimum absolute atomic E-state index is 0.202. The average molecular weight is 555 g/mol. The number of halogens is 11. The molecule has 35 heavy (non-hydrogen) atoms. The zero-order valence-electron chi connectivity index (χ0n) is 16.5. The van der Waals surface area contributed by atoms with Crippen LogP contribution in [0.15, 0.2) is 30.5 Å². The molecule has 190 valence electrons. The fourth-order valence-electron chi connectivity index (χ4n) is 2.89. The molecule has 0 radical (unpaired) electrons. The van der Waals surface area contributed by atoms with Crippen molar-refractivity contribution in [1.29, 1.82) is 0 Å². The van der Waals surface area contributed by atoms with Crippen LogP contribution in [-0.2, 0) is 16.6 Å². The fraction of sp³-hybridized carbons (Fsp3) is 0.278. The van der Waals surface area contributed by atoms with E-state index in [2.05, 4.69) is 9.97 Å². The fourth-order valence-corrected chi connectivity index (χ4v) is 3.42. The highest BCUT2D eigenvalue weighted by molar-refractivity contribution is 6.34. The SMILES string of the molecule is O=C(NCC(F)(F)F)c1cnc(C2=CC(c3cc(Cl)cc(Cl)c3)(C(F)(F)F)ON2)nc1C(F)(F)F. The first-order valence-electron chi connectivity index (χ1n) is 8.93. The van der Waals surface area contributed by atoms with Crippen LogP contribution in [-0.4, -0.2) is 34.8 Å². The highest BCUT2D eigenvalue weighted by atomic mass is 35.5. The summed E-state index contributed by atoms with van der Waals surface area (Å²) in [7, 11) is 0. The average Bonchev–Trinajstić information content (AvgIpc) is 3.17. The summed E-state index contributed by atoms with van der Waals surface area (Å²) in [4.78, 5) is 23.0. The van der Waals surface area contributed by atoms with Crippen molar-refractivity contribution in [2.75, 3.05) is 6.54 Å². The first-order chi connectivity index (χ1) is 15.9. The molecule has 2 aromatic rings. The second-order valence-corrected chi connectivity index (χ2v) is 7.78. The van der Waals surface area contributed by atoms with Crippen molar-refractivity contribution in [2.24, 2.45) is 0 Å². The number of carbonyl (C=O) groups excluding carboxylic acids is 1. The van der Waals surface area contributed by atoms with Crippen LogP contribution in [0.25, 0.3) is 5.70 Å². The number of rotatable bonds is 4. The van der Waals surface area contributed by atoms with E-state index < -0.39 is 64.9 Å². The van der Waals surface area contributed by atoms with Gasteiger partial charge in [0.2, 0.25) is 5.60 Å². The number of amides is 1. The monoisotopic (exact) mass is 554 g/mol. The molecule has 1 unspecified atom stereocenters. The lowest BCUT2D eigenvalue weighted by Crippen LogP contribution is -2.42. The van der Waals surface area contributed by atoms with Crippen molar-refractivity contribution in [3.63, 3.8) is 0 Å². The van der Waals surface area contributed by atoms with Crippen molar-refractivity contribution in [3.8, 4) is 0 Å². The second kappa shape index (κ2) is 9.02. The van der Waals surface area contributed by atoms with Crippen LogP contribution in [0.1, 0.15) is 27.4 Å². The Hall–Kier alpha value is -2.78. The maximum atomic E-state index is 14.0. The minimum Gasteiger partial charge on any atom is -0.343 e. The zero-order valence-corrected chi connectivity index (χ0v) is 18.0. The Labute approximate surface area is 199 Å². The molecule has 1 aromatic carbocycles. The van der Waals surface area contributed by atoms with Crippen LogP contribution in [0.2, 0.25) is 10.0 Å². The quantitative estimate of drug-likeness (QED) is 0.493. The van der Waals surface area contributed by atoms with Gasteiger partial charge in [0.15, 0.2) is 11.5 Å². The van der Waals surface area contributed by atoms with Gasteiger partial charge in [0, 0.05) is 21.8 Å². The highest BCUT2D eigenvalue weighted by Crippen LogP contribution is 2.48. The third-order valence-electron chi connectivity index (χ3n) is 4.37. The van der Waals surface area contributed by atoms with Crippen LogP contribution in [0.5, 0.6) is 0 Å². The molecule has 0 spiro atoms. The van der Waals surface area contributed by atoms with Crippen LogP contribution in [0.4, 0.5) is 39.5 Å². The molecule has 2 N–H and O–H groups in total. The molecule has 17 heteroatoms. The van der Waals surface area contributed by atoms with Gasteiger partial charge < -0.3 is 5.32 Å². The van der Waals surface area contributed by atoms with Gasteiger partial charge in [0.05, 0.1) is 5.56 Å². The number of nitrogens with zero attached hydrogens (tertiary/aromatic N) is 2. The van der Waals surface area contributed by atoms with Gasteiger partial charge in [-0.05, 0) is 24.3 Å². The Morgan fingerprint density at radius 1 is 1.03 bits per heavy atom. The van der Waals surface area contributed by atoms with Crippen LogP contribution in [0, 0.1) is 0 Å². The lowest BCUT2D eigenvalue weighted by molar-refractivity contribution is -0.269. The van der Waals surface area contributed by atoms with E-state index in [9.17, 15) is 44.3 Å². The Morgan fingerprint density at radius 2 is 1.63 bits per heavy atom. The van der Waals surface area contributed by atoms with Crippen LogP contribution in [0.3, 0.4) is 0 Å². The Morgan fingerprint density at radius 3 is 2.14 bits per heavy atom. The highest BCUT2D eigenvalue weighted by Gasteiger charge is 2.60. The van der Waals surface area contributed by atoms with E-state index in [-0.39, 0.29) is 16.2 Å². The van der Waals surface area contributed by atoms with Crippen LogP contribution < -0.4 is 10.8 Å². The number of carbonyl (C=O) groups is 1. The van der Waals surface area contributed by atoms with Crippen molar-refractivity contribution < 1.29 is 49.1 Å². The van der Waals surface area contributed by atoms with E-state index >= 15 is 0 Å². The summed E-state index contributed by atoms with van der Waals surface area (Å²) in [6, 6.07) is 2.85. The van der Waals surface area contributed by atoms with Gasteiger partial charge in [-0.3, -0.25) is 15.1 Å². The number of hydrogen-bond donors (Lipinski definition) is 2. The summed E-state index contributed by atoms with van der Waals surface area (Å²) in [5, 5.41) is 0.828. The topological polar surface area (TPSA) is 76.1 Å².